The van der Waals surface area contributed by atoms with Gasteiger partial charge >= 0.3 is 0 Å². The Hall–Kier alpha value is -1.32. The van der Waals surface area contributed by atoms with Crippen molar-refractivity contribution in [3.63, 3.8) is 0 Å². The fourth-order valence-electron chi connectivity index (χ4n) is 1.75. The molecule has 0 amide bonds. The highest BCUT2D eigenvalue weighted by molar-refractivity contribution is 9.10. The number of halogens is 1. The molecule has 19 heavy (non-hydrogen) atoms. The van der Waals surface area contributed by atoms with Crippen molar-refractivity contribution in [1.82, 2.24) is 5.32 Å². The third kappa shape index (κ3) is 4.37. The van der Waals surface area contributed by atoms with E-state index in [4.69, 9.17) is 4.74 Å². The van der Waals surface area contributed by atoms with Gasteiger partial charge in [-0.15, -0.1) is 0 Å². The van der Waals surface area contributed by atoms with Crippen molar-refractivity contribution in [2.45, 2.75) is 20.1 Å². The molecular formula is C16H18BrNO. The van der Waals surface area contributed by atoms with Gasteiger partial charge in [0.15, 0.2) is 0 Å². The predicted octanol–water partition coefficient (Wildman–Crippen LogP) is 4.14. The van der Waals surface area contributed by atoms with E-state index in [-0.39, 0.29) is 0 Å². The Bertz CT molecular complexity index is 510. The maximum absolute atomic E-state index is 5.78. The van der Waals surface area contributed by atoms with Gasteiger partial charge in [-0.05, 0) is 45.7 Å². The molecule has 0 aromatic heterocycles. The Morgan fingerprint density at radius 1 is 1.00 bits per heavy atom. The largest absolute Gasteiger partial charge is 0.488 e. The Morgan fingerprint density at radius 3 is 2.37 bits per heavy atom. The van der Waals surface area contributed by atoms with Crippen molar-refractivity contribution in [2.75, 3.05) is 6.54 Å². The van der Waals surface area contributed by atoms with Crippen molar-refractivity contribution >= 4 is 15.9 Å². The molecule has 0 saturated heterocycles. The van der Waals surface area contributed by atoms with Crippen molar-refractivity contribution in [3.8, 4) is 5.75 Å². The van der Waals surface area contributed by atoms with E-state index in [2.05, 4.69) is 52.4 Å². The van der Waals surface area contributed by atoms with E-state index < -0.39 is 0 Å². The van der Waals surface area contributed by atoms with E-state index in [1.54, 1.807) is 0 Å². The minimum atomic E-state index is 0.587. The van der Waals surface area contributed by atoms with Gasteiger partial charge in [-0.2, -0.15) is 0 Å². The summed E-state index contributed by atoms with van der Waals surface area (Å²) < 4.78 is 6.77. The molecule has 0 aliphatic heterocycles. The van der Waals surface area contributed by atoms with Crippen molar-refractivity contribution < 1.29 is 4.74 Å². The van der Waals surface area contributed by atoms with E-state index in [1.807, 2.05) is 24.3 Å². The van der Waals surface area contributed by atoms with Crippen molar-refractivity contribution in [2.24, 2.45) is 0 Å². The molecule has 0 fully saturated rings. The lowest BCUT2D eigenvalue weighted by atomic mass is 10.1. The number of hydrogen-bond acceptors (Lipinski definition) is 2. The standard InChI is InChI=1S/C16H18BrNO/c1-2-18-11-13-7-9-14(10-8-13)12-19-16-6-4-3-5-15(16)17/h3-10,18H,2,11-12H2,1H3. The van der Waals surface area contributed by atoms with Crippen LogP contribution in [0.15, 0.2) is 53.0 Å². The SMILES string of the molecule is CCNCc1ccc(COc2ccccc2Br)cc1. The van der Waals surface area contributed by atoms with Gasteiger partial charge in [0.1, 0.15) is 12.4 Å². The summed E-state index contributed by atoms with van der Waals surface area (Å²) in [5, 5.41) is 3.31. The molecule has 1 N–H and O–H groups in total. The quantitative estimate of drug-likeness (QED) is 0.864. The van der Waals surface area contributed by atoms with Crippen LogP contribution in [-0.4, -0.2) is 6.54 Å². The highest BCUT2D eigenvalue weighted by Gasteiger charge is 2.00. The Labute approximate surface area is 122 Å². The summed E-state index contributed by atoms with van der Waals surface area (Å²) in [6, 6.07) is 16.4. The molecule has 0 heterocycles. The maximum Gasteiger partial charge on any atom is 0.133 e. The number of rotatable bonds is 6. The summed E-state index contributed by atoms with van der Waals surface area (Å²) in [7, 11) is 0. The molecule has 0 unspecified atom stereocenters. The third-order valence-corrected chi connectivity index (χ3v) is 3.49. The fraction of sp³-hybridized carbons (Fsp3) is 0.250. The van der Waals surface area contributed by atoms with Crippen LogP contribution in [0.2, 0.25) is 0 Å². The first-order valence-corrected chi connectivity index (χ1v) is 7.24. The second kappa shape index (κ2) is 7.31. The van der Waals surface area contributed by atoms with Gasteiger partial charge in [0.2, 0.25) is 0 Å². The molecule has 0 aliphatic rings. The summed E-state index contributed by atoms with van der Waals surface area (Å²) in [5.41, 5.74) is 2.47. The first-order chi connectivity index (χ1) is 9.29. The Morgan fingerprint density at radius 2 is 1.68 bits per heavy atom. The molecule has 0 radical (unpaired) electrons. The molecule has 0 bridgehead atoms. The van der Waals surface area contributed by atoms with Gasteiger partial charge in [0, 0.05) is 6.54 Å². The Balaban J connectivity index is 1.91. The average Bonchev–Trinajstić information content (AvgIpc) is 2.45. The lowest BCUT2D eigenvalue weighted by Gasteiger charge is -2.09. The van der Waals surface area contributed by atoms with E-state index >= 15 is 0 Å². The number of hydrogen-bond donors (Lipinski definition) is 1. The van der Waals surface area contributed by atoms with Crippen LogP contribution in [-0.2, 0) is 13.2 Å². The zero-order valence-electron chi connectivity index (χ0n) is 11.0. The summed E-state index contributed by atoms with van der Waals surface area (Å²) in [4.78, 5) is 0. The maximum atomic E-state index is 5.78. The van der Waals surface area contributed by atoms with Crippen molar-refractivity contribution in [3.05, 3.63) is 64.1 Å². The average molecular weight is 320 g/mol. The molecule has 0 spiro atoms. The first kappa shape index (κ1) is 14.1. The monoisotopic (exact) mass is 319 g/mol. The zero-order chi connectivity index (χ0) is 13.5. The van der Waals surface area contributed by atoms with Gasteiger partial charge in [-0.3, -0.25) is 0 Å². The fourth-order valence-corrected chi connectivity index (χ4v) is 2.14. The van der Waals surface area contributed by atoms with Crippen LogP contribution in [0.4, 0.5) is 0 Å². The normalized spacial score (nSPS) is 10.4. The van der Waals surface area contributed by atoms with Crippen LogP contribution in [0.3, 0.4) is 0 Å². The zero-order valence-corrected chi connectivity index (χ0v) is 12.6. The van der Waals surface area contributed by atoms with Gasteiger partial charge in [0.05, 0.1) is 4.47 Å². The number of benzene rings is 2. The number of nitrogens with one attached hydrogen (secondary N) is 1. The molecule has 2 aromatic carbocycles. The van der Waals surface area contributed by atoms with Crippen LogP contribution in [0, 0.1) is 0 Å². The van der Waals surface area contributed by atoms with Crippen LogP contribution in [0.1, 0.15) is 18.1 Å². The third-order valence-electron chi connectivity index (χ3n) is 2.83. The predicted molar refractivity (Wildman–Crippen MR) is 82.3 cm³/mol. The minimum absolute atomic E-state index is 0.587. The van der Waals surface area contributed by atoms with Crippen LogP contribution in [0.5, 0.6) is 5.75 Å². The molecule has 2 aromatic rings. The van der Waals surface area contributed by atoms with Crippen LogP contribution < -0.4 is 10.1 Å². The van der Waals surface area contributed by atoms with Crippen molar-refractivity contribution in [1.29, 1.82) is 0 Å². The lowest BCUT2D eigenvalue weighted by molar-refractivity contribution is 0.304. The molecule has 3 heteroatoms. The van der Waals surface area contributed by atoms with E-state index in [9.17, 15) is 0 Å². The molecule has 0 aliphatic carbocycles. The van der Waals surface area contributed by atoms with Gasteiger partial charge < -0.3 is 10.1 Å². The second-order valence-electron chi connectivity index (χ2n) is 4.32. The molecule has 0 saturated carbocycles. The van der Waals surface area contributed by atoms with Gasteiger partial charge in [0.25, 0.3) is 0 Å². The molecule has 100 valence electrons. The summed E-state index contributed by atoms with van der Waals surface area (Å²) in [6.45, 7) is 4.61. The topological polar surface area (TPSA) is 21.3 Å². The second-order valence-corrected chi connectivity index (χ2v) is 5.17. The van der Waals surface area contributed by atoms with E-state index in [0.29, 0.717) is 6.61 Å². The minimum Gasteiger partial charge on any atom is -0.488 e. The van der Waals surface area contributed by atoms with E-state index in [1.165, 1.54) is 11.1 Å². The highest BCUT2D eigenvalue weighted by Crippen LogP contribution is 2.24. The lowest BCUT2D eigenvalue weighted by Crippen LogP contribution is -2.11. The van der Waals surface area contributed by atoms with Crippen LogP contribution in [0.25, 0.3) is 0 Å². The van der Waals surface area contributed by atoms with Crippen LogP contribution >= 0.6 is 15.9 Å². The summed E-state index contributed by atoms with van der Waals surface area (Å²) in [6.07, 6.45) is 0. The number of ether oxygens (including phenoxy) is 1. The number of para-hydroxylation sites is 1. The Kier molecular flexibility index (Phi) is 5.43. The summed E-state index contributed by atoms with van der Waals surface area (Å²) >= 11 is 3.48. The molecule has 0 atom stereocenters. The highest BCUT2D eigenvalue weighted by atomic mass is 79.9. The first-order valence-electron chi connectivity index (χ1n) is 6.45. The summed E-state index contributed by atoms with van der Waals surface area (Å²) in [5.74, 6) is 0.874. The molecule has 2 nitrogen and oxygen atoms in total. The smallest absolute Gasteiger partial charge is 0.133 e. The molecular weight excluding hydrogens is 302 g/mol. The van der Waals surface area contributed by atoms with Gasteiger partial charge in [-0.25, -0.2) is 0 Å². The molecule has 2 rings (SSSR count). The van der Waals surface area contributed by atoms with Gasteiger partial charge in [-0.1, -0.05) is 43.3 Å². The van der Waals surface area contributed by atoms with E-state index in [0.717, 1.165) is 23.3 Å².